The molecule has 1 heterocycles. The molecule has 1 aliphatic rings. The number of carbonyl (C=O) groups excluding carboxylic acids is 1. The van der Waals surface area contributed by atoms with Crippen molar-refractivity contribution in [1.82, 2.24) is 5.32 Å². The lowest BCUT2D eigenvalue weighted by molar-refractivity contribution is -0.123. The predicted molar refractivity (Wildman–Crippen MR) is 95.8 cm³/mol. The molecule has 0 radical (unpaired) electrons. The lowest BCUT2D eigenvalue weighted by atomic mass is 10.1. The van der Waals surface area contributed by atoms with E-state index in [0.717, 1.165) is 16.9 Å². The van der Waals surface area contributed by atoms with Gasteiger partial charge < -0.3 is 19.5 Å². The van der Waals surface area contributed by atoms with E-state index < -0.39 is 0 Å². The van der Waals surface area contributed by atoms with Gasteiger partial charge in [0.1, 0.15) is 18.5 Å². The number of fused-ring (bicyclic) bond motifs is 1. The normalized spacial score (nSPS) is 15.6. The second-order valence-electron chi connectivity index (χ2n) is 5.96. The Bertz CT molecular complexity index is 755. The van der Waals surface area contributed by atoms with Gasteiger partial charge in [-0.05, 0) is 49.2 Å². The Labute approximate surface area is 151 Å². The molecule has 1 amide bonds. The average molecular weight is 362 g/mol. The second kappa shape index (κ2) is 7.66. The van der Waals surface area contributed by atoms with Crippen molar-refractivity contribution in [3.63, 3.8) is 0 Å². The molecule has 0 fully saturated rings. The zero-order valence-electron chi connectivity index (χ0n) is 14.2. The van der Waals surface area contributed by atoms with Gasteiger partial charge in [-0.2, -0.15) is 0 Å². The van der Waals surface area contributed by atoms with E-state index in [1.165, 1.54) is 0 Å². The molecule has 3 rings (SSSR count). The van der Waals surface area contributed by atoms with Crippen molar-refractivity contribution in [2.45, 2.75) is 20.0 Å². The van der Waals surface area contributed by atoms with Crippen LogP contribution in [0.2, 0.25) is 5.02 Å². The monoisotopic (exact) mass is 361 g/mol. The number of nitrogens with one attached hydrogen (secondary N) is 1. The number of hydrogen-bond donors (Lipinski definition) is 1. The Morgan fingerprint density at radius 1 is 1.24 bits per heavy atom. The van der Waals surface area contributed by atoms with Crippen LogP contribution in [0, 0.1) is 13.8 Å². The van der Waals surface area contributed by atoms with E-state index in [4.69, 9.17) is 25.8 Å². The minimum atomic E-state index is -0.223. The number of carbonyl (C=O) groups is 1. The molecule has 1 atom stereocenters. The third kappa shape index (κ3) is 4.37. The van der Waals surface area contributed by atoms with Gasteiger partial charge >= 0.3 is 0 Å². The highest BCUT2D eigenvalue weighted by Gasteiger charge is 2.21. The topological polar surface area (TPSA) is 56.8 Å². The van der Waals surface area contributed by atoms with Gasteiger partial charge in [0.05, 0.1) is 6.54 Å². The maximum Gasteiger partial charge on any atom is 0.258 e. The summed E-state index contributed by atoms with van der Waals surface area (Å²) >= 11 is 6.12. The molecule has 0 bridgehead atoms. The van der Waals surface area contributed by atoms with E-state index in [0.29, 0.717) is 29.7 Å². The van der Waals surface area contributed by atoms with Gasteiger partial charge in [0, 0.05) is 5.02 Å². The van der Waals surface area contributed by atoms with Gasteiger partial charge in [0.2, 0.25) is 0 Å². The van der Waals surface area contributed by atoms with E-state index in [-0.39, 0.29) is 18.6 Å². The highest BCUT2D eigenvalue weighted by atomic mass is 35.5. The lowest BCUT2D eigenvalue weighted by Gasteiger charge is -2.26. The maximum atomic E-state index is 12.0. The van der Waals surface area contributed by atoms with Crippen LogP contribution in [-0.2, 0) is 4.79 Å². The summed E-state index contributed by atoms with van der Waals surface area (Å²) in [7, 11) is 0. The molecule has 0 spiro atoms. The van der Waals surface area contributed by atoms with Crippen molar-refractivity contribution in [3.8, 4) is 17.2 Å². The number of aryl methyl sites for hydroxylation is 2. The molecular weight excluding hydrogens is 342 g/mol. The summed E-state index contributed by atoms with van der Waals surface area (Å²) in [5.41, 5.74) is 1.84. The first-order valence-electron chi connectivity index (χ1n) is 8.07. The Hall–Kier alpha value is -2.40. The summed E-state index contributed by atoms with van der Waals surface area (Å²) in [6.07, 6.45) is -0.223. The highest BCUT2D eigenvalue weighted by Crippen LogP contribution is 2.30. The van der Waals surface area contributed by atoms with Gasteiger partial charge in [-0.25, -0.2) is 0 Å². The summed E-state index contributed by atoms with van der Waals surface area (Å²) in [5, 5.41) is 3.51. The smallest absolute Gasteiger partial charge is 0.258 e. The number of amides is 1. The molecule has 132 valence electrons. The first kappa shape index (κ1) is 17.4. The standard InChI is InChI=1S/C19H20ClNO4/c1-12-7-14(8-13(2)19(12)20)23-11-18(22)21-9-15-10-24-16-5-3-4-6-17(16)25-15/h3-8,15H,9-11H2,1-2H3,(H,21,22)/t15-/m1/s1. The fraction of sp³-hybridized carbons (Fsp3) is 0.316. The molecule has 0 saturated carbocycles. The summed E-state index contributed by atoms with van der Waals surface area (Å²) in [4.78, 5) is 12.0. The van der Waals surface area contributed by atoms with E-state index in [9.17, 15) is 4.79 Å². The molecule has 0 aromatic heterocycles. The Kier molecular flexibility index (Phi) is 5.34. The molecule has 2 aromatic carbocycles. The fourth-order valence-corrected chi connectivity index (χ4v) is 2.69. The van der Waals surface area contributed by atoms with Crippen molar-refractivity contribution in [2.75, 3.05) is 19.8 Å². The fourth-order valence-electron chi connectivity index (χ4n) is 2.58. The summed E-state index contributed by atoms with van der Waals surface area (Å²) < 4.78 is 16.9. The predicted octanol–water partition coefficient (Wildman–Crippen LogP) is 3.29. The van der Waals surface area contributed by atoms with Crippen molar-refractivity contribution < 1.29 is 19.0 Å². The largest absolute Gasteiger partial charge is 0.486 e. The van der Waals surface area contributed by atoms with Crippen LogP contribution < -0.4 is 19.5 Å². The van der Waals surface area contributed by atoms with E-state index in [2.05, 4.69) is 5.32 Å². The SMILES string of the molecule is Cc1cc(OCC(=O)NC[C@@H]2COc3ccccc3O2)cc(C)c1Cl. The minimum absolute atomic E-state index is 0.0648. The van der Waals surface area contributed by atoms with E-state index in [1.807, 2.05) is 50.2 Å². The van der Waals surface area contributed by atoms with Crippen molar-refractivity contribution in [3.05, 3.63) is 52.5 Å². The van der Waals surface area contributed by atoms with Crippen molar-refractivity contribution >= 4 is 17.5 Å². The van der Waals surface area contributed by atoms with E-state index >= 15 is 0 Å². The van der Waals surface area contributed by atoms with Crippen molar-refractivity contribution in [1.29, 1.82) is 0 Å². The Morgan fingerprint density at radius 2 is 1.92 bits per heavy atom. The van der Waals surface area contributed by atoms with Crippen LogP contribution in [0.25, 0.3) is 0 Å². The van der Waals surface area contributed by atoms with E-state index in [1.54, 1.807) is 0 Å². The Balaban J connectivity index is 1.46. The minimum Gasteiger partial charge on any atom is -0.486 e. The molecule has 0 unspecified atom stereocenters. The van der Waals surface area contributed by atoms with Crippen LogP contribution in [0.15, 0.2) is 36.4 Å². The average Bonchev–Trinajstić information content (AvgIpc) is 2.62. The number of para-hydroxylation sites is 2. The molecule has 0 saturated heterocycles. The van der Waals surface area contributed by atoms with Crippen LogP contribution >= 0.6 is 11.6 Å². The highest BCUT2D eigenvalue weighted by molar-refractivity contribution is 6.32. The van der Waals surface area contributed by atoms with Crippen LogP contribution in [0.1, 0.15) is 11.1 Å². The molecule has 1 N–H and O–H groups in total. The number of rotatable bonds is 5. The van der Waals surface area contributed by atoms with Crippen LogP contribution in [0.3, 0.4) is 0 Å². The lowest BCUT2D eigenvalue weighted by Crippen LogP contribution is -2.42. The number of ether oxygens (including phenoxy) is 3. The third-order valence-electron chi connectivity index (χ3n) is 3.87. The third-order valence-corrected chi connectivity index (χ3v) is 4.47. The van der Waals surface area contributed by atoms with Crippen LogP contribution in [-0.4, -0.2) is 31.8 Å². The number of benzene rings is 2. The zero-order chi connectivity index (χ0) is 17.8. The van der Waals surface area contributed by atoms with Gasteiger partial charge in [-0.15, -0.1) is 0 Å². The zero-order valence-corrected chi connectivity index (χ0v) is 14.9. The summed E-state index contributed by atoms with van der Waals surface area (Å²) in [5.74, 6) is 1.83. The van der Waals surface area contributed by atoms with Gasteiger partial charge in [0.25, 0.3) is 5.91 Å². The van der Waals surface area contributed by atoms with Gasteiger partial charge in [0.15, 0.2) is 18.1 Å². The summed E-state index contributed by atoms with van der Waals surface area (Å²) in [6.45, 7) is 4.49. The number of halogens is 1. The van der Waals surface area contributed by atoms with Gasteiger partial charge in [-0.1, -0.05) is 23.7 Å². The first-order valence-corrected chi connectivity index (χ1v) is 8.45. The maximum absolute atomic E-state index is 12.0. The Morgan fingerprint density at radius 3 is 2.64 bits per heavy atom. The van der Waals surface area contributed by atoms with Crippen LogP contribution in [0.5, 0.6) is 17.2 Å². The van der Waals surface area contributed by atoms with Crippen molar-refractivity contribution in [2.24, 2.45) is 0 Å². The molecular formula is C19H20ClNO4. The molecule has 2 aromatic rings. The summed E-state index contributed by atoms with van der Waals surface area (Å²) in [6, 6.07) is 11.1. The first-order chi connectivity index (χ1) is 12.0. The number of hydrogen-bond acceptors (Lipinski definition) is 4. The molecule has 0 aliphatic carbocycles. The quantitative estimate of drug-likeness (QED) is 0.887. The van der Waals surface area contributed by atoms with Gasteiger partial charge in [-0.3, -0.25) is 4.79 Å². The molecule has 1 aliphatic heterocycles. The van der Waals surface area contributed by atoms with Crippen LogP contribution in [0.4, 0.5) is 0 Å². The molecule has 6 heteroatoms. The molecule has 5 nitrogen and oxygen atoms in total. The molecule has 25 heavy (non-hydrogen) atoms. The second-order valence-corrected chi connectivity index (χ2v) is 6.34.